The van der Waals surface area contributed by atoms with Gasteiger partial charge in [-0.2, -0.15) is 0 Å². The van der Waals surface area contributed by atoms with Gasteiger partial charge < -0.3 is 4.74 Å². The van der Waals surface area contributed by atoms with Crippen LogP contribution in [0, 0.1) is 6.92 Å². The summed E-state index contributed by atoms with van der Waals surface area (Å²) in [5.74, 6) is 1.62. The Balaban J connectivity index is 1.68. The van der Waals surface area contributed by atoms with Gasteiger partial charge in [-0.05, 0) is 43.0 Å². The van der Waals surface area contributed by atoms with E-state index in [9.17, 15) is 4.79 Å². The molecule has 120 valence electrons. The second kappa shape index (κ2) is 7.19. The van der Waals surface area contributed by atoms with Gasteiger partial charge in [-0.1, -0.05) is 23.9 Å². The Kier molecular flexibility index (Phi) is 5.03. The molecule has 0 atom stereocenters. The zero-order valence-electron chi connectivity index (χ0n) is 13.1. The first-order valence-electron chi connectivity index (χ1n) is 7.49. The van der Waals surface area contributed by atoms with E-state index in [4.69, 9.17) is 4.74 Å². The fraction of sp³-hybridized carbons (Fsp3) is 0.294. The van der Waals surface area contributed by atoms with Crippen LogP contribution in [0.4, 0.5) is 0 Å². The molecule has 0 saturated carbocycles. The maximum absolute atomic E-state index is 12.4. The smallest absolute Gasteiger partial charge is 0.272 e. The quantitative estimate of drug-likeness (QED) is 0.385. The molecule has 0 spiro atoms. The molecule has 2 aromatic heterocycles. The molecule has 0 aliphatic rings. The molecular formula is C17H18N2O2S2. The summed E-state index contributed by atoms with van der Waals surface area (Å²) in [6.45, 7) is 5.22. The standard InChI is InChI=1S/C17H18N2O2S2/c1-3-19-16(20)15-14(7-9-22-15)18-17(19)23-10-8-21-13-6-4-5-12(2)11-13/h4-7,9,11H,3,8,10H2,1-2H3. The van der Waals surface area contributed by atoms with Gasteiger partial charge in [0.2, 0.25) is 0 Å². The van der Waals surface area contributed by atoms with Crippen molar-refractivity contribution < 1.29 is 4.74 Å². The monoisotopic (exact) mass is 346 g/mol. The van der Waals surface area contributed by atoms with Gasteiger partial charge in [0.05, 0.1) is 12.1 Å². The third-order valence-electron chi connectivity index (χ3n) is 3.42. The van der Waals surface area contributed by atoms with Gasteiger partial charge in [-0.25, -0.2) is 4.98 Å². The molecule has 0 fully saturated rings. The van der Waals surface area contributed by atoms with Crippen LogP contribution in [0.3, 0.4) is 0 Å². The minimum absolute atomic E-state index is 0.0506. The molecule has 23 heavy (non-hydrogen) atoms. The van der Waals surface area contributed by atoms with E-state index in [-0.39, 0.29) is 5.56 Å². The van der Waals surface area contributed by atoms with E-state index in [1.165, 1.54) is 16.9 Å². The maximum atomic E-state index is 12.4. The van der Waals surface area contributed by atoms with Crippen LogP contribution in [0.25, 0.3) is 10.2 Å². The van der Waals surface area contributed by atoms with E-state index in [2.05, 4.69) is 4.98 Å². The molecule has 0 unspecified atom stereocenters. The van der Waals surface area contributed by atoms with Gasteiger partial charge in [0.1, 0.15) is 10.4 Å². The van der Waals surface area contributed by atoms with Crippen molar-refractivity contribution >= 4 is 33.3 Å². The normalized spacial score (nSPS) is 11.0. The molecule has 1 aromatic carbocycles. The number of aryl methyl sites for hydroxylation is 1. The highest BCUT2D eigenvalue weighted by molar-refractivity contribution is 7.99. The summed E-state index contributed by atoms with van der Waals surface area (Å²) in [4.78, 5) is 17.0. The number of hydrogen-bond acceptors (Lipinski definition) is 5. The highest BCUT2D eigenvalue weighted by Gasteiger charge is 2.11. The Hall–Kier alpha value is -1.79. The summed E-state index contributed by atoms with van der Waals surface area (Å²) >= 11 is 3.01. The molecule has 3 rings (SSSR count). The average molecular weight is 346 g/mol. The van der Waals surface area contributed by atoms with Gasteiger partial charge in [-0.15, -0.1) is 11.3 Å². The van der Waals surface area contributed by atoms with Crippen molar-refractivity contribution in [3.05, 3.63) is 51.6 Å². The van der Waals surface area contributed by atoms with E-state index in [0.717, 1.165) is 26.9 Å². The number of nitrogens with zero attached hydrogens (tertiary/aromatic N) is 2. The van der Waals surface area contributed by atoms with Crippen LogP contribution >= 0.6 is 23.1 Å². The Labute approximate surface area is 143 Å². The van der Waals surface area contributed by atoms with Crippen molar-refractivity contribution in [3.8, 4) is 5.75 Å². The predicted molar refractivity (Wildman–Crippen MR) is 97.0 cm³/mol. The van der Waals surface area contributed by atoms with E-state index in [1.807, 2.05) is 49.6 Å². The fourth-order valence-electron chi connectivity index (χ4n) is 2.31. The highest BCUT2D eigenvalue weighted by atomic mass is 32.2. The Morgan fingerprint density at radius 1 is 1.35 bits per heavy atom. The summed E-state index contributed by atoms with van der Waals surface area (Å²) in [6, 6.07) is 9.90. The number of fused-ring (bicyclic) bond motifs is 1. The van der Waals surface area contributed by atoms with Crippen molar-refractivity contribution in [2.45, 2.75) is 25.5 Å². The van der Waals surface area contributed by atoms with Crippen molar-refractivity contribution in [2.24, 2.45) is 0 Å². The average Bonchev–Trinajstić information content (AvgIpc) is 3.00. The SMILES string of the molecule is CCn1c(SCCOc2cccc(C)c2)nc2ccsc2c1=O. The minimum atomic E-state index is 0.0506. The van der Waals surface area contributed by atoms with Gasteiger partial charge in [0.15, 0.2) is 5.16 Å². The summed E-state index contributed by atoms with van der Waals surface area (Å²) in [6.07, 6.45) is 0. The molecule has 0 aliphatic carbocycles. The van der Waals surface area contributed by atoms with Crippen molar-refractivity contribution in [3.63, 3.8) is 0 Å². The zero-order valence-corrected chi connectivity index (χ0v) is 14.7. The van der Waals surface area contributed by atoms with Crippen molar-refractivity contribution in [1.82, 2.24) is 9.55 Å². The molecule has 0 amide bonds. The summed E-state index contributed by atoms with van der Waals surface area (Å²) in [5.41, 5.74) is 2.01. The molecule has 3 aromatic rings. The Bertz CT molecular complexity index is 870. The molecule has 0 N–H and O–H groups in total. The summed E-state index contributed by atoms with van der Waals surface area (Å²) in [7, 11) is 0. The number of benzene rings is 1. The van der Waals surface area contributed by atoms with Crippen molar-refractivity contribution in [1.29, 1.82) is 0 Å². The molecule has 0 saturated heterocycles. The second-order valence-corrected chi connectivity index (χ2v) is 7.07. The third-order valence-corrected chi connectivity index (χ3v) is 5.25. The lowest BCUT2D eigenvalue weighted by Crippen LogP contribution is -2.21. The Morgan fingerprint density at radius 3 is 3.00 bits per heavy atom. The number of aromatic nitrogens is 2. The van der Waals surface area contributed by atoms with Crippen LogP contribution in [0.5, 0.6) is 5.75 Å². The molecular weight excluding hydrogens is 328 g/mol. The molecule has 2 heterocycles. The lowest BCUT2D eigenvalue weighted by molar-refractivity contribution is 0.343. The van der Waals surface area contributed by atoms with E-state index in [0.29, 0.717) is 13.2 Å². The topological polar surface area (TPSA) is 44.1 Å². The van der Waals surface area contributed by atoms with Crippen LogP contribution < -0.4 is 10.3 Å². The van der Waals surface area contributed by atoms with Gasteiger partial charge in [0, 0.05) is 12.3 Å². The molecule has 0 bridgehead atoms. The van der Waals surface area contributed by atoms with Crippen LogP contribution in [0.15, 0.2) is 45.7 Å². The van der Waals surface area contributed by atoms with E-state index >= 15 is 0 Å². The van der Waals surface area contributed by atoms with Crippen LogP contribution in [-0.4, -0.2) is 21.9 Å². The van der Waals surface area contributed by atoms with E-state index in [1.54, 1.807) is 16.3 Å². The summed E-state index contributed by atoms with van der Waals surface area (Å²) in [5, 5.41) is 2.67. The van der Waals surface area contributed by atoms with Gasteiger partial charge in [0.25, 0.3) is 5.56 Å². The summed E-state index contributed by atoms with van der Waals surface area (Å²) < 4.78 is 8.21. The van der Waals surface area contributed by atoms with Crippen LogP contribution in [-0.2, 0) is 6.54 Å². The van der Waals surface area contributed by atoms with E-state index < -0.39 is 0 Å². The lowest BCUT2D eigenvalue weighted by atomic mass is 10.2. The maximum Gasteiger partial charge on any atom is 0.272 e. The largest absolute Gasteiger partial charge is 0.493 e. The third kappa shape index (κ3) is 3.59. The zero-order chi connectivity index (χ0) is 16.2. The molecule has 4 nitrogen and oxygen atoms in total. The first kappa shape index (κ1) is 16.1. The fourth-order valence-corrected chi connectivity index (χ4v) is 3.97. The minimum Gasteiger partial charge on any atom is -0.493 e. The van der Waals surface area contributed by atoms with Crippen molar-refractivity contribution in [2.75, 3.05) is 12.4 Å². The molecule has 0 radical (unpaired) electrons. The number of rotatable bonds is 6. The number of ether oxygens (including phenoxy) is 1. The molecule has 0 aliphatic heterocycles. The first-order valence-corrected chi connectivity index (χ1v) is 9.36. The van der Waals surface area contributed by atoms with Crippen LogP contribution in [0.2, 0.25) is 0 Å². The number of thioether (sulfide) groups is 1. The lowest BCUT2D eigenvalue weighted by Gasteiger charge is -2.10. The van der Waals surface area contributed by atoms with Gasteiger partial charge >= 0.3 is 0 Å². The number of thiophene rings is 1. The molecule has 6 heteroatoms. The van der Waals surface area contributed by atoms with Crippen LogP contribution in [0.1, 0.15) is 12.5 Å². The van der Waals surface area contributed by atoms with Gasteiger partial charge in [-0.3, -0.25) is 9.36 Å². The highest BCUT2D eigenvalue weighted by Crippen LogP contribution is 2.21. The predicted octanol–water partition coefficient (Wildman–Crippen LogP) is 3.96. The first-order chi connectivity index (χ1) is 11.2. The Morgan fingerprint density at radius 2 is 2.22 bits per heavy atom. The number of hydrogen-bond donors (Lipinski definition) is 0. The second-order valence-electron chi connectivity index (χ2n) is 5.09.